The van der Waals surface area contributed by atoms with Gasteiger partial charge in [-0.15, -0.1) is 0 Å². The molecule has 0 aliphatic carbocycles. The number of nitrogens with two attached hydrogens (primary N) is 1. The van der Waals surface area contributed by atoms with Gasteiger partial charge in [-0.1, -0.05) is 6.42 Å². The van der Waals surface area contributed by atoms with E-state index in [0.29, 0.717) is 6.42 Å². The number of hydrazine groups is 1. The van der Waals surface area contributed by atoms with Crippen LogP contribution in [0.25, 0.3) is 0 Å². The zero-order chi connectivity index (χ0) is 14.5. The Morgan fingerprint density at radius 2 is 1.74 bits per heavy atom. The molecule has 1 atom stereocenters. The molecule has 1 aliphatic rings. The molecule has 0 spiro atoms. The Hall–Kier alpha value is -0.330. The molecule has 1 heterocycles. The molecule has 0 radical (unpaired) electrons. The Morgan fingerprint density at radius 1 is 1.16 bits per heavy atom. The van der Waals surface area contributed by atoms with E-state index in [1.807, 2.05) is 0 Å². The summed E-state index contributed by atoms with van der Waals surface area (Å²) in [5.74, 6) is 5.56. The highest BCUT2D eigenvalue weighted by Gasteiger charge is 2.36. The quantitative estimate of drug-likeness (QED) is 0.581. The Kier molecular flexibility index (Phi) is 6.08. The van der Waals surface area contributed by atoms with E-state index in [-0.39, 0.29) is 18.0 Å². The summed E-state index contributed by atoms with van der Waals surface area (Å²) in [6.07, 6.45) is -0.696. The van der Waals surface area contributed by atoms with Crippen LogP contribution in [0, 0.1) is 0 Å². The number of likely N-dealkylation sites (tertiary alicyclic amines) is 1. The lowest BCUT2D eigenvalue weighted by atomic mass is 9.87. The minimum Gasteiger partial charge on any atom is -0.297 e. The number of nitrogens with one attached hydrogen (secondary N) is 1. The van der Waals surface area contributed by atoms with Gasteiger partial charge in [0.1, 0.15) is 0 Å². The molecule has 0 saturated carbocycles. The third-order valence-electron chi connectivity index (χ3n) is 4.18. The number of hydrogen-bond acceptors (Lipinski definition) is 3. The average Bonchev–Trinajstić information content (AvgIpc) is 2.34. The van der Waals surface area contributed by atoms with Gasteiger partial charge in [0.15, 0.2) is 0 Å². The van der Waals surface area contributed by atoms with Gasteiger partial charge in [0.2, 0.25) is 0 Å². The SMILES string of the molecule is CC(C)(C(CCCC(F)(F)F)NN)N1CCCCC1. The molecule has 0 amide bonds. The topological polar surface area (TPSA) is 41.3 Å². The number of hydrogen-bond donors (Lipinski definition) is 2. The van der Waals surface area contributed by atoms with E-state index in [1.165, 1.54) is 6.42 Å². The lowest BCUT2D eigenvalue weighted by Gasteiger charge is -2.46. The van der Waals surface area contributed by atoms with Crippen molar-refractivity contribution in [2.45, 2.75) is 70.1 Å². The van der Waals surface area contributed by atoms with E-state index in [0.717, 1.165) is 25.9 Å². The van der Waals surface area contributed by atoms with Gasteiger partial charge >= 0.3 is 6.18 Å². The number of nitrogens with zero attached hydrogens (tertiary/aromatic N) is 1. The smallest absolute Gasteiger partial charge is 0.297 e. The number of rotatable bonds is 6. The van der Waals surface area contributed by atoms with Crippen molar-refractivity contribution < 1.29 is 13.2 Å². The van der Waals surface area contributed by atoms with Crippen LogP contribution in [0.5, 0.6) is 0 Å². The molecule has 0 aromatic heterocycles. The van der Waals surface area contributed by atoms with Crippen molar-refractivity contribution in [3.05, 3.63) is 0 Å². The van der Waals surface area contributed by atoms with Crippen LogP contribution in [-0.4, -0.2) is 35.7 Å². The maximum Gasteiger partial charge on any atom is 0.389 e. The van der Waals surface area contributed by atoms with E-state index < -0.39 is 12.6 Å². The third-order valence-corrected chi connectivity index (χ3v) is 4.18. The van der Waals surface area contributed by atoms with Crippen LogP contribution in [0.15, 0.2) is 0 Å². The minimum atomic E-state index is -4.07. The Labute approximate surface area is 113 Å². The number of piperidine rings is 1. The summed E-state index contributed by atoms with van der Waals surface area (Å²) < 4.78 is 36.6. The molecule has 6 heteroatoms. The van der Waals surface area contributed by atoms with Crippen molar-refractivity contribution in [3.63, 3.8) is 0 Å². The van der Waals surface area contributed by atoms with E-state index >= 15 is 0 Å². The molecule has 0 aromatic rings. The highest BCUT2D eigenvalue weighted by Crippen LogP contribution is 2.28. The van der Waals surface area contributed by atoms with Crippen molar-refractivity contribution >= 4 is 0 Å². The van der Waals surface area contributed by atoms with Gasteiger partial charge < -0.3 is 0 Å². The molecule has 1 unspecified atom stereocenters. The first-order valence-electron chi connectivity index (χ1n) is 7.05. The Morgan fingerprint density at radius 3 is 2.21 bits per heavy atom. The summed E-state index contributed by atoms with van der Waals surface area (Å²) in [6.45, 7) is 6.14. The second kappa shape index (κ2) is 6.90. The molecule has 19 heavy (non-hydrogen) atoms. The van der Waals surface area contributed by atoms with Gasteiger partial charge in [-0.3, -0.25) is 16.2 Å². The molecular formula is C13H26F3N3. The summed E-state index contributed by atoms with van der Waals surface area (Å²) >= 11 is 0. The van der Waals surface area contributed by atoms with Crippen LogP contribution in [-0.2, 0) is 0 Å². The summed E-state index contributed by atoms with van der Waals surface area (Å²) in [5, 5.41) is 0. The standard InChI is InChI=1S/C13H26F3N3/c1-12(2,19-9-4-3-5-10-19)11(18-17)7-6-8-13(14,15)16/h11,18H,3-10,17H2,1-2H3. The molecule has 1 aliphatic heterocycles. The lowest BCUT2D eigenvalue weighted by Crippen LogP contribution is -2.60. The van der Waals surface area contributed by atoms with E-state index in [9.17, 15) is 13.2 Å². The zero-order valence-corrected chi connectivity index (χ0v) is 11.9. The summed E-state index contributed by atoms with van der Waals surface area (Å²) in [6, 6.07) is -0.118. The van der Waals surface area contributed by atoms with Gasteiger partial charge in [0.25, 0.3) is 0 Å². The van der Waals surface area contributed by atoms with Gasteiger partial charge in [-0.2, -0.15) is 13.2 Å². The van der Waals surface area contributed by atoms with E-state index in [4.69, 9.17) is 5.84 Å². The van der Waals surface area contributed by atoms with Crippen molar-refractivity contribution in [1.29, 1.82) is 0 Å². The zero-order valence-electron chi connectivity index (χ0n) is 11.9. The van der Waals surface area contributed by atoms with Gasteiger partial charge in [0.05, 0.1) is 0 Å². The number of halogens is 3. The molecule has 3 nitrogen and oxygen atoms in total. The normalized spacial score (nSPS) is 20.5. The molecule has 3 N–H and O–H groups in total. The van der Waals surface area contributed by atoms with Crippen LogP contribution in [0.2, 0.25) is 0 Å². The van der Waals surface area contributed by atoms with Crippen LogP contribution in [0.1, 0.15) is 52.4 Å². The molecule has 1 saturated heterocycles. The average molecular weight is 281 g/mol. The first-order chi connectivity index (χ1) is 8.77. The maximum atomic E-state index is 12.2. The largest absolute Gasteiger partial charge is 0.389 e. The van der Waals surface area contributed by atoms with Crippen molar-refractivity contribution in [3.8, 4) is 0 Å². The fraction of sp³-hybridized carbons (Fsp3) is 1.00. The maximum absolute atomic E-state index is 12.2. The summed E-state index contributed by atoms with van der Waals surface area (Å²) in [4.78, 5) is 2.34. The summed E-state index contributed by atoms with van der Waals surface area (Å²) in [5.41, 5.74) is 2.51. The highest BCUT2D eigenvalue weighted by molar-refractivity contribution is 4.93. The highest BCUT2D eigenvalue weighted by atomic mass is 19.4. The molecule has 1 fully saturated rings. The second-order valence-electron chi connectivity index (χ2n) is 5.93. The van der Waals surface area contributed by atoms with Crippen molar-refractivity contribution in [2.75, 3.05) is 13.1 Å². The molecule has 114 valence electrons. The van der Waals surface area contributed by atoms with Gasteiger partial charge in [-0.25, -0.2) is 0 Å². The molecular weight excluding hydrogens is 255 g/mol. The first-order valence-corrected chi connectivity index (χ1v) is 7.05. The fourth-order valence-electron chi connectivity index (χ4n) is 2.84. The molecule has 1 rings (SSSR count). The van der Waals surface area contributed by atoms with Gasteiger partial charge in [-0.05, 0) is 52.6 Å². The van der Waals surface area contributed by atoms with Crippen molar-refractivity contribution in [1.82, 2.24) is 10.3 Å². The monoisotopic (exact) mass is 281 g/mol. The van der Waals surface area contributed by atoms with Crippen LogP contribution < -0.4 is 11.3 Å². The van der Waals surface area contributed by atoms with Crippen LogP contribution in [0.3, 0.4) is 0 Å². The van der Waals surface area contributed by atoms with E-state index in [1.54, 1.807) is 0 Å². The predicted octanol–water partition coefficient (Wildman–Crippen LogP) is 2.82. The molecule has 0 aromatic carbocycles. The van der Waals surface area contributed by atoms with E-state index in [2.05, 4.69) is 24.2 Å². The van der Waals surface area contributed by atoms with Crippen LogP contribution in [0.4, 0.5) is 13.2 Å². The molecule has 0 bridgehead atoms. The number of alkyl halides is 3. The van der Waals surface area contributed by atoms with Gasteiger partial charge in [0, 0.05) is 18.0 Å². The Balaban J connectivity index is 2.51. The van der Waals surface area contributed by atoms with Crippen molar-refractivity contribution in [2.24, 2.45) is 5.84 Å². The Bertz CT molecular complexity index is 260. The lowest BCUT2D eigenvalue weighted by molar-refractivity contribution is -0.136. The first kappa shape index (κ1) is 16.7. The third kappa shape index (κ3) is 5.28. The minimum absolute atomic E-state index is 0.118. The predicted molar refractivity (Wildman–Crippen MR) is 70.5 cm³/mol. The fourth-order valence-corrected chi connectivity index (χ4v) is 2.84. The second-order valence-corrected chi connectivity index (χ2v) is 5.93. The summed E-state index contributed by atoms with van der Waals surface area (Å²) in [7, 11) is 0. The van der Waals surface area contributed by atoms with Crippen LogP contribution >= 0.6 is 0 Å².